The Morgan fingerprint density at radius 1 is 0.895 bits per heavy atom. The monoisotopic (exact) mass is 261 g/mol. The van der Waals surface area contributed by atoms with E-state index < -0.39 is 0 Å². The molecule has 19 heavy (non-hydrogen) atoms. The van der Waals surface area contributed by atoms with Gasteiger partial charge in [-0.3, -0.25) is 0 Å². The van der Waals surface area contributed by atoms with Crippen molar-refractivity contribution in [2.24, 2.45) is 11.5 Å². The molecule has 6 N–H and O–H groups in total. The Kier molecular flexibility index (Phi) is 6.57. The van der Waals surface area contributed by atoms with Gasteiger partial charge in [0.1, 0.15) is 5.82 Å². The lowest BCUT2D eigenvalue weighted by molar-refractivity contribution is 0.609. The van der Waals surface area contributed by atoms with Gasteiger partial charge in [-0.2, -0.15) is 0 Å². The van der Waals surface area contributed by atoms with Gasteiger partial charge >= 0.3 is 0 Å². The molecule has 2 rings (SSSR count). The van der Waals surface area contributed by atoms with Crippen molar-refractivity contribution in [3.63, 3.8) is 0 Å². The Labute approximate surface area is 113 Å². The van der Waals surface area contributed by atoms with E-state index in [1.54, 1.807) is 12.1 Å². The van der Waals surface area contributed by atoms with Crippen LogP contribution in [0.15, 0.2) is 48.5 Å². The number of rotatable bonds is 3. The summed E-state index contributed by atoms with van der Waals surface area (Å²) in [6, 6.07) is 14.2. The van der Waals surface area contributed by atoms with E-state index in [0.29, 0.717) is 25.1 Å². The average molecular weight is 261 g/mol. The summed E-state index contributed by atoms with van der Waals surface area (Å²) in [5, 5.41) is 0. The number of nitrogen functional groups attached to an aromatic ring is 1. The molecule has 0 aliphatic rings. The van der Waals surface area contributed by atoms with Gasteiger partial charge in [0, 0.05) is 12.2 Å². The van der Waals surface area contributed by atoms with E-state index in [0.717, 1.165) is 11.3 Å². The molecule has 2 aromatic rings. The minimum atomic E-state index is -0.159. The molecule has 102 valence electrons. The Balaban J connectivity index is 0.000000191. The second-order valence-electron chi connectivity index (χ2n) is 4.08. The Hall–Kier alpha value is -1.91. The maximum atomic E-state index is 12.7. The number of benzene rings is 2. The van der Waals surface area contributed by atoms with Gasteiger partial charge in [-0.15, -0.1) is 0 Å². The molecule has 4 heteroatoms. The normalized spacial score (nSPS) is 9.63. The van der Waals surface area contributed by atoms with Gasteiger partial charge in [0.05, 0.1) is 0 Å². The molecule has 0 saturated carbocycles. The van der Waals surface area contributed by atoms with E-state index in [-0.39, 0.29) is 5.82 Å². The molecule has 0 aliphatic carbocycles. The zero-order chi connectivity index (χ0) is 14.1. The van der Waals surface area contributed by atoms with Gasteiger partial charge in [-0.25, -0.2) is 4.39 Å². The zero-order valence-electron chi connectivity index (χ0n) is 10.9. The quantitative estimate of drug-likeness (QED) is 0.740. The van der Waals surface area contributed by atoms with Crippen LogP contribution in [0, 0.1) is 5.82 Å². The molecule has 0 spiro atoms. The SMILES string of the molecule is NCCc1ccccc1F.NCc1ccc(N)cc1. The maximum Gasteiger partial charge on any atom is 0.126 e. The number of hydrogen-bond acceptors (Lipinski definition) is 3. The highest BCUT2D eigenvalue weighted by molar-refractivity contribution is 5.39. The first-order valence-corrected chi connectivity index (χ1v) is 6.15. The maximum absolute atomic E-state index is 12.7. The van der Waals surface area contributed by atoms with Gasteiger partial charge < -0.3 is 17.2 Å². The average Bonchev–Trinajstić information content (AvgIpc) is 2.43. The van der Waals surface area contributed by atoms with Gasteiger partial charge in [0.15, 0.2) is 0 Å². The number of anilines is 1. The number of nitrogens with two attached hydrogens (primary N) is 3. The van der Waals surface area contributed by atoms with Crippen LogP contribution in [0.5, 0.6) is 0 Å². The fraction of sp³-hybridized carbons (Fsp3) is 0.200. The second-order valence-corrected chi connectivity index (χ2v) is 4.08. The van der Waals surface area contributed by atoms with Crippen LogP contribution in [0.3, 0.4) is 0 Å². The fourth-order valence-electron chi connectivity index (χ4n) is 1.51. The molecule has 3 nitrogen and oxygen atoms in total. The summed E-state index contributed by atoms with van der Waals surface area (Å²) in [6.07, 6.45) is 0.618. The molecule has 0 aromatic heterocycles. The minimum absolute atomic E-state index is 0.159. The van der Waals surface area contributed by atoms with E-state index in [2.05, 4.69) is 0 Å². The van der Waals surface area contributed by atoms with Crippen molar-refractivity contribution < 1.29 is 4.39 Å². The first-order chi connectivity index (χ1) is 9.17. The summed E-state index contributed by atoms with van der Waals surface area (Å²) < 4.78 is 12.7. The largest absolute Gasteiger partial charge is 0.399 e. The lowest BCUT2D eigenvalue weighted by Gasteiger charge is -1.97. The van der Waals surface area contributed by atoms with Crippen LogP contribution < -0.4 is 17.2 Å². The number of hydrogen-bond donors (Lipinski definition) is 3. The van der Waals surface area contributed by atoms with Crippen LogP contribution in [0.25, 0.3) is 0 Å². The van der Waals surface area contributed by atoms with Crippen LogP contribution >= 0.6 is 0 Å². The number of halogens is 1. The molecule has 0 aliphatic heterocycles. The van der Waals surface area contributed by atoms with Crippen molar-refractivity contribution in [1.82, 2.24) is 0 Å². The predicted octanol–water partition coefficient (Wildman–Crippen LogP) is 2.05. The molecule has 0 fully saturated rings. The van der Waals surface area contributed by atoms with Gasteiger partial charge in [-0.05, 0) is 42.3 Å². The van der Waals surface area contributed by atoms with Crippen molar-refractivity contribution in [3.8, 4) is 0 Å². The van der Waals surface area contributed by atoms with Crippen molar-refractivity contribution in [1.29, 1.82) is 0 Å². The molecule has 2 aromatic carbocycles. The molecular weight excluding hydrogens is 241 g/mol. The first-order valence-electron chi connectivity index (χ1n) is 6.15. The Morgan fingerprint density at radius 2 is 1.53 bits per heavy atom. The Bertz CT molecular complexity index is 483. The van der Waals surface area contributed by atoms with Crippen LogP contribution in [-0.4, -0.2) is 6.54 Å². The summed E-state index contributed by atoms with van der Waals surface area (Å²) >= 11 is 0. The van der Waals surface area contributed by atoms with E-state index in [1.165, 1.54) is 6.07 Å². The van der Waals surface area contributed by atoms with Gasteiger partial charge in [0.2, 0.25) is 0 Å². The third-order valence-electron chi connectivity index (χ3n) is 2.59. The van der Waals surface area contributed by atoms with E-state index in [1.807, 2.05) is 30.3 Å². The molecular formula is C15H20FN3. The first kappa shape index (κ1) is 15.1. The molecule has 0 radical (unpaired) electrons. The highest BCUT2D eigenvalue weighted by Gasteiger charge is 1.96. The molecule has 0 saturated heterocycles. The molecule has 0 heterocycles. The summed E-state index contributed by atoms with van der Waals surface area (Å²) in [6.45, 7) is 1.08. The van der Waals surface area contributed by atoms with Crippen LogP contribution in [-0.2, 0) is 13.0 Å². The van der Waals surface area contributed by atoms with E-state index in [4.69, 9.17) is 17.2 Å². The molecule has 0 unspecified atom stereocenters. The standard InChI is InChI=1S/C8H10FN.C7H10N2/c9-8-4-2-1-3-7(8)5-6-10;8-5-6-1-3-7(9)4-2-6/h1-4H,5-6,10H2;1-4H,5,8-9H2. The second kappa shape index (κ2) is 8.24. The summed E-state index contributed by atoms with van der Waals surface area (Å²) in [7, 11) is 0. The zero-order valence-corrected chi connectivity index (χ0v) is 10.9. The highest BCUT2D eigenvalue weighted by Crippen LogP contribution is 2.05. The van der Waals surface area contributed by atoms with Crippen molar-refractivity contribution in [3.05, 3.63) is 65.5 Å². The fourth-order valence-corrected chi connectivity index (χ4v) is 1.51. The summed E-state index contributed by atoms with van der Waals surface area (Å²) in [5.74, 6) is -0.159. The van der Waals surface area contributed by atoms with Gasteiger partial charge in [-0.1, -0.05) is 30.3 Å². The third-order valence-corrected chi connectivity index (χ3v) is 2.59. The van der Waals surface area contributed by atoms with Gasteiger partial charge in [0.25, 0.3) is 0 Å². The summed E-state index contributed by atoms with van der Waals surface area (Å²) in [5.41, 5.74) is 18.7. The molecule has 0 atom stereocenters. The minimum Gasteiger partial charge on any atom is -0.399 e. The highest BCUT2D eigenvalue weighted by atomic mass is 19.1. The predicted molar refractivity (Wildman–Crippen MR) is 77.9 cm³/mol. The van der Waals surface area contributed by atoms with Crippen LogP contribution in [0.4, 0.5) is 10.1 Å². The topological polar surface area (TPSA) is 78.1 Å². The summed E-state index contributed by atoms with van der Waals surface area (Å²) in [4.78, 5) is 0. The van der Waals surface area contributed by atoms with Crippen LogP contribution in [0.2, 0.25) is 0 Å². The molecule has 0 bridgehead atoms. The molecule has 0 amide bonds. The smallest absolute Gasteiger partial charge is 0.126 e. The third kappa shape index (κ3) is 5.50. The van der Waals surface area contributed by atoms with E-state index >= 15 is 0 Å². The van der Waals surface area contributed by atoms with Crippen molar-refractivity contribution in [2.75, 3.05) is 12.3 Å². The van der Waals surface area contributed by atoms with E-state index in [9.17, 15) is 4.39 Å². The lowest BCUT2D eigenvalue weighted by Crippen LogP contribution is -2.03. The van der Waals surface area contributed by atoms with Crippen molar-refractivity contribution >= 4 is 5.69 Å². The Morgan fingerprint density at radius 3 is 2.05 bits per heavy atom. The van der Waals surface area contributed by atoms with Crippen molar-refractivity contribution in [2.45, 2.75) is 13.0 Å². The van der Waals surface area contributed by atoms with Crippen LogP contribution in [0.1, 0.15) is 11.1 Å². The lowest BCUT2D eigenvalue weighted by atomic mass is 10.1.